The molecule has 2 heterocycles. The van der Waals surface area contributed by atoms with Crippen LogP contribution in [0.25, 0.3) is 10.9 Å². The molecule has 4 rings (SSSR count). The molecule has 7 amide bonds. The lowest BCUT2D eigenvalue weighted by atomic mass is 10.0. The Balaban J connectivity index is 1.47. The number of nitrogens with two attached hydrogens (primary N) is 3. The van der Waals surface area contributed by atoms with E-state index in [2.05, 4.69) is 41.6 Å². The van der Waals surface area contributed by atoms with Crippen molar-refractivity contribution < 1.29 is 28.8 Å². The second-order valence-electron chi connectivity index (χ2n) is 13.2. The fourth-order valence-electron chi connectivity index (χ4n) is 5.68. The Morgan fingerprint density at radius 1 is 0.782 bits per heavy atom. The fraction of sp³-hybridized carbons (Fsp3) is 0.378. The Morgan fingerprint density at radius 2 is 1.45 bits per heavy atom. The number of fused-ring (bicyclic) bond motifs is 1. The van der Waals surface area contributed by atoms with Crippen LogP contribution in [0.5, 0.6) is 0 Å². The van der Waals surface area contributed by atoms with E-state index < -0.39 is 65.8 Å². The van der Waals surface area contributed by atoms with Crippen molar-refractivity contribution in [2.24, 2.45) is 17.2 Å². The van der Waals surface area contributed by atoms with Crippen LogP contribution in [-0.4, -0.2) is 92.3 Å². The number of urea groups is 1. The van der Waals surface area contributed by atoms with Gasteiger partial charge in [0.1, 0.15) is 24.2 Å². The minimum atomic E-state index is -1.21. The van der Waals surface area contributed by atoms with Crippen molar-refractivity contribution in [3.05, 3.63) is 90.1 Å². The van der Waals surface area contributed by atoms with Gasteiger partial charge < -0.3 is 48.4 Å². The predicted molar refractivity (Wildman–Crippen MR) is 204 cm³/mol. The summed E-state index contributed by atoms with van der Waals surface area (Å²) in [5.41, 5.74) is 22.5. The Morgan fingerprint density at radius 3 is 2.13 bits per heavy atom. The number of rotatable bonds is 19. The van der Waals surface area contributed by atoms with Crippen LogP contribution in [-0.2, 0) is 43.4 Å². The van der Waals surface area contributed by atoms with Gasteiger partial charge >= 0.3 is 6.03 Å². The van der Waals surface area contributed by atoms with Gasteiger partial charge in [-0.2, -0.15) is 0 Å². The number of unbranched alkanes of at least 4 members (excludes halogenated alkanes) is 1. The lowest BCUT2D eigenvalue weighted by molar-refractivity contribution is -0.133. The van der Waals surface area contributed by atoms with E-state index in [0.29, 0.717) is 36.2 Å². The Labute approximate surface area is 318 Å². The van der Waals surface area contributed by atoms with Crippen molar-refractivity contribution >= 4 is 46.5 Å². The summed E-state index contributed by atoms with van der Waals surface area (Å²) >= 11 is 0. The molecule has 0 bridgehead atoms. The minimum absolute atomic E-state index is 0.0179. The molecule has 0 radical (unpaired) electrons. The third kappa shape index (κ3) is 12.4. The number of imidazole rings is 1. The zero-order valence-electron chi connectivity index (χ0n) is 30.8. The van der Waals surface area contributed by atoms with Gasteiger partial charge in [0.05, 0.1) is 18.9 Å². The standard InChI is InChI=1S/C37H50N12O6/c1-22(33(51)46-30(32(40)50)14-8-9-15-38)44-36(54)31(16-25-18-42-29-13-7-6-12-27(25)29)47-34(52)23(2)45-37(55)49(20-24-10-4-3-5-11-24)48-35(53)28(39)17-26-19-41-21-43-26/h3-7,10-13,18-19,21-23,28,30-31,42H,8-9,14-17,20,38-39H2,1-2H3,(H2,40,50)(H,41,43)(H,44,54)(H,45,55)(H,46,51)(H,47,52)(H,48,53)/t22-,23+,28?,30+,31+/m1/s1. The van der Waals surface area contributed by atoms with Crippen LogP contribution in [0.1, 0.15) is 49.9 Å². The lowest BCUT2D eigenvalue weighted by Crippen LogP contribution is -2.59. The first kappa shape index (κ1) is 41.5. The van der Waals surface area contributed by atoms with Crippen molar-refractivity contribution in [1.29, 1.82) is 0 Å². The summed E-state index contributed by atoms with van der Waals surface area (Å²) in [6, 6.07) is 9.97. The lowest BCUT2D eigenvalue weighted by Gasteiger charge is -2.27. The molecule has 1 unspecified atom stereocenters. The monoisotopic (exact) mass is 758 g/mol. The van der Waals surface area contributed by atoms with Gasteiger partial charge in [-0.3, -0.25) is 29.4 Å². The molecular formula is C37H50N12O6. The van der Waals surface area contributed by atoms with E-state index in [-0.39, 0.29) is 25.8 Å². The summed E-state index contributed by atoms with van der Waals surface area (Å²) < 4.78 is 0. The smallest absolute Gasteiger partial charge is 0.337 e. The van der Waals surface area contributed by atoms with E-state index in [9.17, 15) is 28.8 Å². The number of H-pyrrole nitrogens is 2. The molecule has 0 saturated heterocycles. The maximum Gasteiger partial charge on any atom is 0.337 e. The molecule has 18 nitrogen and oxygen atoms in total. The summed E-state index contributed by atoms with van der Waals surface area (Å²) in [7, 11) is 0. The highest BCUT2D eigenvalue weighted by atomic mass is 16.2. The van der Waals surface area contributed by atoms with Crippen LogP contribution in [0.3, 0.4) is 0 Å². The van der Waals surface area contributed by atoms with E-state index in [0.717, 1.165) is 15.9 Å². The molecule has 5 atom stereocenters. The number of para-hydroxylation sites is 1. The fourth-order valence-corrected chi connectivity index (χ4v) is 5.68. The molecule has 13 N–H and O–H groups in total. The van der Waals surface area contributed by atoms with Crippen LogP contribution in [0.15, 0.2) is 73.3 Å². The van der Waals surface area contributed by atoms with Gasteiger partial charge in [0.2, 0.25) is 23.6 Å². The van der Waals surface area contributed by atoms with E-state index in [1.807, 2.05) is 24.3 Å². The third-order valence-corrected chi connectivity index (χ3v) is 8.83. The normalized spacial score (nSPS) is 13.7. The number of nitrogens with one attached hydrogen (secondary N) is 7. The van der Waals surface area contributed by atoms with Gasteiger partial charge in [-0.05, 0) is 56.8 Å². The minimum Gasteiger partial charge on any atom is -0.368 e. The van der Waals surface area contributed by atoms with Crippen LogP contribution >= 0.6 is 0 Å². The van der Waals surface area contributed by atoms with Crippen molar-refractivity contribution in [1.82, 2.24) is 46.7 Å². The first-order valence-electron chi connectivity index (χ1n) is 18.0. The van der Waals surface area contributed by atoms with E-state index in [1.54, 1.807) is 36.5 Å². The van der Waals surface area contributed by atoms with Gasteiger partial charge in [-0.25, -0.2) is 14.8 Å². The van der Waals surface area contributed by atoms with E-state index >= 15 is 0 Å². The SMILES string of the molecule is C[C@H](NC(=O)N(Cc1ccccc1)NC(=O)C(N)Cc1cnc[nH]1)C(=O)N[C@@H](Cc1c[nH]c2ccccc12)C(=O)N[C@H](C)C(=O)N[C@@H](CCCCN)C(N)=O. The molecule has 55 heavy (non-hydrogen) atoms. The average Bonchev–Trinajstić information content (AvgIpc) is 3.84. The summed E-state index contributed by atoms with van der Waals surface area (Å²) in [4.78, 5) is 89.0. The summed E-state index contributed by atoms with van der Waals surface area (Å²) in [5, 5.41) is 12.3. The molecule has 294 valence electrons. The molecule has 0 aliphatic heterocycles. The second-order valence-corrected chi connectivity index (χ2v) is 13.2. The van der Waals surface area contributed by atoms with E-state index in [1.165, 1.54) is 26.4 Å². The first-order chi connectivity index (χ1) is 26.4. The molecule has 2 aromatic carbocycles. The van der Waals surface area contributed by atoms with Crippen molar-refractivity contribution in [3.8, 4) is 0 Å². The summed E-state index contributed by atoms with van der Waals surface area (Å²) in [6.45, 7) is 3.22. The number of amides is 7. The predicted octanol–water partition coefficient (Wildman–Crippen LogP) is -0.276. The number of hydrazine groups is 1. The maximum absolute atomic E-state index is 13.8. The molecule has 0 aliphatic carbocycles. The van der Waals surface area contributed by atoms with Gasteiger partial charge in [-0.15, -0.1) is 0 Å². The number of hydrogen-bond acceptors (Lipinski definition) is 9. The molecule has 0 spiro atoms. The molecular weight excluding hydrogens is 708 g/mol. The number of carbonyl (C=O) groups excluding carboxylic acids is 6. The number of aromatic amines is 2. The molecule has 0 aliphatic rings. The Hall–Kier alpha value is -6.27. The number of carbonyl (C=O) groups is 6. The van der Waals surface area contributed by atoms with Crippen LogP contribution in [0.2, 0.25) is 0 Å². The molecule has 0 fully saturated rings. The number of primary amides is 1. The molecule has 4 aromatic rings. The van der Waals surface area contributed by atoms with Crippen LogP contribution in [0, 0.1) is 0 Å². The third-order valence-electron chi connectivity index (χ3n) is 8.83. The van der Waals surface area contributed by atoms with Gasteiger partial charge in [0, 0.05) is 41.8 Å². The molecule has 2 aromatic heterocycles. The van der Waals surface area contributed by atoms with Crippen LogP contribution in [0.4, 0.5) is 4.79 Å². The topological polar surface area (TPSA) is 288 Å². The molecule has 0 saturated carbocycles. The first-order valence-corrected chi connectivity index (χ1v) is 18.0. The highest BCUT2D eigenvalue weighted by Gasteiger charge is 2.30. The summed E-state index contributed by atoms with van der Waals surface area (Å²) in [6.07, 6.45) is 6.35. The highest BCUT2D eigenvalue weighted by Crippen LogP contribution is 2.19. The molecule has 18 heteroatoms. The number of nitrogens with zero attached hydrogens (tertiary/aromatic N) is 2. The highest BCUT2D eigenvalue weighted by molar-refractivity contribution is 5.96. The quantitative estimate of drug-likeness (QED) is 0.0444. The van der Waals surface area contributed by atoms with Gasteiger partial charge in [-0.1, -0.05) is 48.5 Å². The zero-order valence-corrected chi connectivity index (χ0v) is 30.8. The van der Waals surface area contributed by atoms with Crippen LogP contribution < -0.4 is 43.9 Å². The average molecular weight is 759 g/mol. The number of aromatic nitrogens is 3. The number of benzene rings is 2. The van der Waals surface area contributed by atoms with Crippen molar-refractivity contribution in [3.63, 3.8) is 0 Å². The Bertz CT molecular complexity index is 1900. The van der Waals surface area contributed by atoms with Crippen molar-refractivity contribution in [2.75, 3.05) is 6.54 Å². The van der Waals surface area contributed by atoms with E-state index in [4.69, 9.17) is 17.2 Å². The van der Waals surface area contributed by atoms with Gasteiger partial charge in [0.25, 0.3) is 5.91 Å². The Kier molecular flexibility index (Phi) is 15.3. The largest absolute Gasteiger partial charge is 0.368 e. The maximum atomic E-state index is 13.8. The second kappa shape index (κ2) is 20.3. The van der Waals surface area contributed by atoms with Gasteiger partial charge in [0.15, 0.2) is 0 Å². The summed E-state index contributed by atoms with van der Waals surface area (Å²) in [5.74, 6) is -3.43. The van der Waals surface area contributed by atoms with Crippen molar-refractivity contribution in [2.45, 2.75) is 82.7 Å². The zero-order chi connectivity index (χ0) is 39.9. The number of hydrogen-bond donors (Lipinski definition) is 10.